The molecule has 0 bridgehead atoms. The summed E-state index contributed by atoms with van der Waals surface area (Å²) >= 11 is 0. The van der Waals surface area contributed by atoms with Crippen LogP contribution in [0.15, 0.2) is 119 Å². The Morgan fingerprint density at radius 2 is 1.53 bits per heavy atom. The number of hydrogen-bond acceptors (Lipinski definition) is 9. The fourth-order valence-corrected chi connectivity index (χ4v) is 5.97. The average molecular weight is 733 g/mol. The van der Waals surface area contributed by atoms with E-state index < -0.39 is 35.8 Å². The molecule has 0 aliphatic carbocycles. The SMILES string of the molecule is COc1ccc([C@@H](NC(=O)OC(C)(C)C)[C@H](N=C(c2ccccc2)c2ccccc2N=C([O-])[C@@H]2CCCN2Cc2ccccc2)C(=O)[O-])cc1.[Ni+2]. The van der Waals surface area contributed by atoms with Crippen molar-refractivity contribution in [1.82, 2.24) is 10.2 Å². The molecule has 1 heterocycles. The van der Waals surface area contributed by atoms with Crippen LogP contribution in [0.4, 0.5) is 10.5 Å². The summed E-state index contributed by atoms with van der Waals surface area (Å²) < 4.78 is 10.8. The van der Waals surface area contributed by atoms with Crippen LogP contribution in [0.25, 0.3) is 0 Å². The molecule has 4 aromatic rings. The third kappa shape index (κ3) is 10.5. The molecule has 0 aromatic heterocycles. The molecule has 0 saturated carbocycles. The molecular formula is C40H42N4NiO6. The first kappa shape index (κ1) is 38.8. The predicted molar refractivity (Wildman–Crippen MR) is 189 cm³/mol. The molecule has 1 amide bonds. The molecule has 1 aliphatic rings. The van der Waals surface area contributed by atoms with Gasteiger partial charge in [0.15, 0.2) is 0 Å². The molecule has 51 heavy (non-hydrogen) atoms. The van der Waals surface area contributed by atoms with Crippen molar-refractivity contribution in [3.63, 3.8) is 0 Å². The summed E-state index contributed by atoms with van der Waals surface area (Å²) in [5.74, 6) is -1.26. The van der Waals surface area contributed by atoms with Crippen LogP contribution in [0.3, 0.4) is 0 Å². The summed E-state index contributed by atoms with van der Waals surface area (Å²) in [5.41, 5.74) is 2.38. The first-order valence-electron chi connectivity index (χ1n) is 16.6. The van der Waals surface area contributed by atoms with Gasteiger partial charge in [-0.15, -0.1) is 0 Å². The third-order valence-corrected chi connectivity index (χ3v) is 8.29. The molecule has 3 atom stereocenters. The number of nitrogens with one attached hydrogen (secondary N) is 1. The molecule has 1 aliphatic heterocycles. The summed E-state index contributed by atoms with van der Waals surface area (Å²) in [6, 6.07) is 29.5. The van der Waals surface area contributed by atoms with Crippen LogP contribution in [0.5, 0.6) is 5.75 Å². The second-order valence-corrected chi connectivity index (χ2v) is 13.1. The Balaban J connectivity index is 0.00000583. The van der Waals surface area contributed by atoms with Crippen molar-refractivity contribution in [2.75, 3.05) is 13.7 Å². The molecule has 4 aromatic carbocycles. The Morgan fingerprint density at radius 3 is 2.16 bits per heavy atom. The number of likely N-dealkylation sites (tertiary alicyclic amines) is 1. The number of aliphatic imine (C=N–C) groups is 2. The van der Waals surface area contributed by atoms with Gasteiger partial charge in [-0.3, -0.25) is 14.9 Å². The van der Waals surface area contributed by atoms with Crippen LogP contribution >= 0.6 is 0 Å². The summed E-state index contributed by atoms with van der Waals surface area (Å²) in [7, 11) is 1.52. The quantitative estimate of drug-likeness (QED) is 0.123. The molecule has 1 N–H and O–H groups in total. The summed E-state index contributed by atoms with van der Waals surface area (Å²) in [4.78, 5) is 37.6. The van der Waals surface area contributed by atoms with Crippen LogP contribution < -0.4 is 20.3 Å². The number of carboxylic acids is 1. The van der Waals surface area contributed by atoms with E-state index in [9.17, 15) is 19.8 Å². The molecule has 5 rings (SSSR count). The second-order valence-electron chi connectivity index (χ2n) is 13.1. The van der Waals surface area contributed by atoms with Gasteiger partial charge < -0.3 is 29.8 Å². The molecule has 11 heteroatoms. The Bertz CT molecular complexity index is 1810. The van der Waals surface area contributed by atoms with Crippen LogP contribution in [0.2, 0.25) is 0 Å². The number of alkyl carbamates (subject to hydrolysis) is 1. The van der Waals surface area contributed by atoms with Crippen molar-refractivity contribution in [3.05, 3.63) is 131 Å². The van der Waals surface area contributed by atoms with Gasteiger partial charge in [-0.05, 0) is 75.4 Å². The number of aliphatic carboxylic acids is 1. The van der Waals surface area contributed by atoms with Gasteiger partial charge in [-0.1, -0.05) is 91.0 Å². The first-order chi connectivity index (χ1) is 24.0. The van der Waals surface area contributed by atoms with E-state index in [1.807, 2.05) is 48.5 Å². The number of rotatable bonds is 12. The molecule has 0 unspecified atom stereocenters. The van der Waals surface area contributed by atoms with Crippen LogP contribution in [-0.4, -0.2) is 59.9 Å². The molecule has 1 saturated heterocycles. The number of hydrogen-bond donors (Lipinski definition) is 1. The Kier molecular flexibility index (Phi) is 13.5. The fourth-order valence-electron chi connectivity index (χ4n) is 5.97. The molecule has 1 fully saturated rings. The summed E-state index contributed by atoms with van der Waals surface area (Å²) in [5, 5.41) is 29.5. The van der Waals surface area contributed by atoms with Crippen molar-refractivity contribution >= 4 is 29.4 Å². The van der Waals surface area contributed by atoms with E-state index in [-0.39, 0.29) is 28.1 Å². The van der Waals surface area contributed by atoms with Crippen LogP contribution in [0, 0.1) is 0 Å². The molecule has 0 spiro atoms. The van der Waals surface area contributed by atoms with E-state index in [1.54, 1.807) is 81.4 Å². The van der Waals surface area contributed by atoms with Gasteiger partial charge >= 0.3 is 22.6 Å². The minimum atomic E-state index is -1.62. The van der Waals surface area contributed by atoms with Crippen molar-refractivity contribution in [3.8, 4) is 5.75 Å². The predicted octanol–water partition coefficient (Wildman–Crippen LogP) is 4.97. The Labute approximate surface area is 309 Å². The zero-order valence-corrected chi connectivity index (χ0v) is 30.0. The average Bonchev–Trinajstić information content (AvgIpc) is 3.56. The fraction of sp³-hybridized carbons (Fsp3) is 0.300. The first-order valence-corrected chi connectivity index (χ1v) is 16.6. The van der Waals surface area contributed by atoms with Gasteiger partial charge in [0.25, 0.3) is 0 Å². The van der Waals surface area contributed by atoms with E-state index in [2.05, 4.69) is 15.2 Å². The summed E-state index contributed by atoms with van der Waals surface area (Å²) in [6.45, 7) is 6.56. The monoisotopic (exact) mass is 732 g/mol. The number of carbonyl (C=O) groups excluding carboxylic acids is 2. The number of carboxylic acid groups (broad SMARTS) is 1. The standard InChI is InChI=1S/C40H44N4O6.Ni/c1-40(2,3)50-39(48)43-35(29-21-23-30(49-4)24-22-29)36(38(46)47)42-34(28-16-9-6-10-17-28)31-18-11-12-19-32(31)41-37(45)33-20-13-25-44(33)26-27-14-7-5-8-15-27;/h5-12,14-19,21-24,33,35-36H,13,20,25-26H2,1-4H3,(H,41,45)(H,43,48)(H,46,47);/q;+2/p-2/t33-,35+,36-;/m0./s1. The van der Waals surface area contributed by atoms with Crippen molar-refractivity contribution in [1.29, 1.82) is 0 Å². The van der Waals surface area contributed by atoms with Gasteiger partial charge in [-0.2, -0.15) is 0 Å². The molecular weight excluding hydrogens is 691 g/mol. The van der Waals surface area contributed by atoms with E-state index in [1.165, 1.54) is 7.11 Å². The van der Waals surface area contributed by atoms with Gasteiger partial charge in [0.1, 0.15) is 17.4 Å². The topological polar surface area (TPSA) is 139 Å². The Morgan fingerprint density at radius 1 is 0.902 bits per heavy atom. The van der Waals surface area contributed by atoms with Gasteiger partial charge in [-0.25, -0.2) is 4.79 Å². The smallest absolute Gasteiger partial charge is 0.861 e. The normalized spacial score (nSPS) is 16.4. The molecule has 0 radical (unpaired) electrons. The number of amides is 1. The largest absolute Gasteiger partial charge is 2.00 e. The molecule has 268 valence electrons. The number of carbonyl (C=O) groups is 2. The van der Waals surface area contributed by atoms with Crippen molar-refractivity contribution in [2.24, 2.45) is 9.98 Å². The van der Waals surface area contributed by atoms with E-state index in [0.717, 1.165) is 18.5 Å². The number of para-hydroxylation sites is 1. The van der Waals surface area contributed by atoms with Crippen molar-refractivity contribution < 1.29 is 45.8 Å². The number of nitrogens with zero attached hydrogens (tertiary/aromatic N) is 3. The minimum Gasteiger partial charge on any atom is -0.861 e. The van der Waals surface area contributed by atoms with Gasteiger partial charge in [0.2, 0.25) is 0 Å². The second kappa shape index (κ2) is 17.8. The minimum absolute atomic E-state index is 0. The molecule has 10 nitrogen and oxygen atoms in total. The summed E-state index contributed by atoms with van der Waals surface area (Å²) in [6.07, 6.45) is 0.740. The maximum atomic E-state index is 13.8. The maximum Gasteiger partial charge on any atom is 2.00 e. The van der Waals surface area contributed by atoms with E-state index in [0.29, 0.717) is 41.1 Å². The van der Waals surface area contributed by atoms with Crippen LogP contribution in [-0.2, 0) is 32.6 Å². The number of ether oxygens (including phenoxy) is 2. The van der Waals surface area contributed by atoms with E-state index >= 15 is 0 Å². The zero-order valence-electron chi connectivity index (χ0n) is 29.1. The Hall–Kier alpha value is -4.99. The number of benzene rings is 4. The van der Waals surface area contributed by atoms with Crippen LogP contribution in [0.1, 0.15) is 61.9 Å². The maximum absolute atomic E-state index is 13.8. The van der Waals surface area contributed by atoms with Gasteiger partial charge in [0.05, 0.1) is 30.5 Å². The third-order valence-electron chi connectivity index (χ3n) is 8.29. The van der Waals surface area contributed by atoms with Gasteiger partial charge in [0, 0.05) is 23.7 Å². The number of methoxy groups -OCH3 is 1. The van der Waals surface area contributed by atoms with E-state index in [4.69, 9.17) is 14.5 Å². The zero-order chi connectivity index (χ0) is 35.7. The van der Waals surface area contributed by atoms with Crippen molar-refractivity contribution in [2.45, 2.75) is 63.9 Å².